The van der Waals surface area contributed by atoms with Gasteiger partial charge in [0.25, 0.3) is 0 Å². The Labute approximate surface area is 199 Å². The van der Waals surface area contributed by atoms with Crippen molar-refractivity contribution in [2.45, 2.75) is 64.2 Å². The van der Waals surface area contributed by atoms with Gasteiger partial charge in [0, 0.05) is 40.7 Å². The molecule has 4 rings (SSSR count). The number of anilines is 2. The highest BCUT2D eigenvalue weighted by atomic mass is 32.1. The SMILES string of the molecule is CC(C)C(=O)N1CCCc2ccc(NC(=O)C(=O)NCC3(c4cccs4)CCCCC3)cc21. The number of carbonyl (C=O) groups is 3. The van der Waals surface area contributed by atoms with E-state index in [-0.39, 0.29) is 17.2 Å². The normalized spacial score (nSPS) is 17.4. The molecule has 1 aromatic carbocycles. The second-order valence-corrected chi connectivity index (χ2v) is 10.5. The lowest BCUT2D eigenvalue weighted by atomic mass is 9.73. The third-order valence-electron chi connectivity index (χ3n) is 6.87. The van der Waals surface area contributed by atoms with Gasteiger partial charge in [0.2, 0.25) is 5.91 Å². The zero-order chi connectivity index (χ0) is 23.4. The van der Waals surface area contributed by atoms with Crippen LogP contribution in [0.1, 0.15) is 62.8 Å². The van der Waals surface area contributed by atoms with Gasteiger partial charge in [-0.1, -0.05) is 45.2 Å². The maximum Gasteiger partial charge on any atom is 0.313 e. The minimum absolute atomic E-state index is 0.0727. The highest BCUT2D eigenvalue weighted by Crippen LogP contribution is 2.41. The zero-order valence-electron chi connectivity index (χ0n) is 19.5. The molecule has 33 heavy (non-hydrogen) atoms. The van der Waals surface area contributed by atoms with E-state index in [1.54, 1.807) is 16.2 Å². The van der Waals surface area contributed by atoms with E-state index >= 15 is 0 Å². The van der Waals surface area contributed by atoms with Crippen LogP contribution in [0.25, 0.3) is 0 Å². The molecule has 0 atom stereocenters. The van der Waals surface area contributed by atoms with Crippen molar-refractivity contribution < 1.29 is 14.4 Å². The van der Waals surface area contributed by atoms with Crippen molar-refractivity contribution in [2.75, 3.05) is 23.3 Å². The number of hydrogen-bond acceptors (Lipinski definition) is 4. The van der Waals surface area contributed by atoms with Gasteiger partial charge in [-0.05, 0) is 54.8 Å². The van der Waals surface area contributed by atoms with Crippen LogP contribution in [0.15, 0.2) is 35.7 Å². The smallest absolute Gasteiger partial charge is 0.313 e. The Morgan fingerprint density at radius 2 is 1.85 bits per heavy atom. The Kier molecular flexibility index (Phi) is 7.17. The minimum Gasteiger partial charge on any atom is -0.347 e. The average Bonchev–Trinajstić information content (AvgIpc) is 3.38. The molecule has 176 valence electrons. The fraction of sp³-hybridized carbons (Fsp3) is 0.500. The first-order valence-electron chi connectivity index (χ1n) is 12.0. The van der Waals surface area contributed by atoms with E-state index in [1.165, 1.54) is 11.3 Å². The molecule has 2 aromatic rings. The Morgan fingerprint density at radius 1 is 1.06 bits per heavy atom. The molecule has 2 N–H and O–H groups in total. The van der Waals surface area contributed by atoms with Crippen LogP contribution in [-0.2, 0) is 26.2 Å². The van der Waals surface area contributed by atoms with Crippen molar-refractivity contribution in [2.24, 2.45) is 5.92 Å². The molecule has 3 amide bonds. The van der Waals surface area contributed by atoms with Gasteiger partial charge in [-0.25, -0.2) is 0 Å². The van der Waals surface area contributed by atoms with E-state index in [0.717, 1.165) is 49.8 Å². The first-order chi connectivity index (χ1) is 15.9. The number of benzene rings is 1. The van der Waals surface area contributed by atoms with Gasteiger partial charge in [-0.2, -0.15) is 0 Å². The number of nitrogens with zero attached hydrogens (tertiary/aromatic N) is 1. The molecule has 7 heteroatoms. The number of hydrogen-bond donors (Lipinski definition) is 2. The van der Waals surface area contributed by atoms with Crippen molar-refractivity contribution in [1.82, 2.24) is 5.32 Å². The maximum atomic E-state index is 12.7. The Morgan fingerprint density at radius 3 is 2.55 bits per heavy atom. The lowest BCUT2D eigenvalue weighted by Crippen LogP contribution is -2.45. The molecule has 1 aliphatic heterocycles. The van der Waals surface area contributed by atoms with Crippen LogP contribution in [0.4, 0.5) is 11.4 Å². The number of aryl methyl sites for hydroxylation is 1. The fourth-order valence-electron chi connectivity index (χ4n) is 5.03. The van der Waals surface area contributed by atoms with E-state index < -0.39 is 11.8 Å². The molecule has 1 fully saturated rings. The molecular weight excluding hydrogens is 434 g/mol. The second kappa shape index (κ2) is 10.1. The van der Waals surface area contributed by atoms with Crippen LogP contribution < -0.4 is 15.5 Å². The molecule has 1 aliphatic carbocycles. The van der Waals surface area contributed by atoms with Crippen molar-refractivity contribution in [3.8, 4) is 0 Å². The molecular formula is C26H33N3O3S. The molecule has 0 saturated heterocycles. The van der Waals surface area contributed by atoms with Gasteiger partial charge in [-0.15, -0.1) is 11.3 Å². The quantitative estimate of drug-likeness (QED) is 0.629. The number of nitrogens with one attached hydrogen (secondary N) is 2. The Hall–Kier alpha value is -2.67. The van der Waals surface area contributed by atoms with Crippen LogP contribution in [0, 0.1) is 5.92 Å². The molecule has 6 nitrogen and oxygen atoms in total. The van der Waals surface area contributed by atoms with E-state index in [1.807, 2.05) is 38.1 Å². The van der Waals surface area contributed by atoms with E-state index in [2.05, 4.69) is 22.1 Å². The fourth-order valence-corrected chi connectivity index (χ4v) is 6.02. The highest BCUT2D eigenvalue weighted by Gasteiger charge is 2.35. The lowest BCUT2D eigenvalue weighted by molar-refractivity contribution is -0.136. The van der Waals surface area contributed by atoms with Crippen LogP contribution in [-0.4, -0.2) is 30.8 Å². The minimum atomic E-state index is -0.676. The standard InChI is InChI=1S/C26H33N3O3S/c1-18(2)25(32)29-14-6-8-19-10-11-20(16-21(19)29)28-24(31)23(30)27-17-26(12-4-3-5-13-26)22-9-7-15-33-22/h7,9-11,15-16,18H,3-6,8,12-14,17H2,1-2H3,(H,27,30)(H,28,31). The molecule has 0 radical (unpaired) electrons. The molecule has 2 aliphatic rings. The summed E-state index contributed by atoms with van der Waals surface area (Å²) in [7, 11) is 0. The first-order valence-corrected chi connectivity index (χ1v) is 12.8. The number of thiophene rings is 1. The summed E-state index contributed by atoms with van der Waals surface area (Å²) >= 11 is 1.72. The Balaban J connectivity index is 1.42. The van der Waals surface area contributed by atoms with Gasteiger partial charge < -0.3 is 15.5 Å². The second-order valence-electron chi connectivity index (χ2n) is 9.55. The summed E-state index contributed by atoms with van der Waals surface area (Å²) in [6.07, 6.45) is 7.37. The highest BCUT2D eigenvalue weighted by molar-refractivity contribution is 7.10. The average molecular weight is 468 g/mol. The van der Waals surface area contributed by atoms with Crippen LogP contribution in [0.5, 0.6) is 0 Å². The lowest BCUT2D eigenvalue weighted by Gasteiger charge is -2.36. The first kappa shape index (κ1) is 23.5. The van der Waals surface area contributed by atoms with Gasteiger partial charge in [0.15, 0.2) is 0 Å². The molecule has 1 aromatic heterocycles. The monoisotopic (exact) mass is 467 g/mol. The summed E-state index contributed by atoms with van der Waals surface area (Å²) in [5.41, 5.74) is 2.37. The largest absolute Gasteiger partial charge is 0.347 e. The van der Waals surface area contributed by atoms with E-state index in [4.69, 9.17) is 0 Å². The third kappa shape index (κ3) is 5.13. The van der Waals surface area contributed by atoms with Gasteiger partial charge >= 0.3 is 11.8 Å². The van der Waals surface area contributed by atoms with Gasteiger partial charge in [0.1, 0.15) is 0 Å². The predicted molar refractivity (Wildman–Crippen MR) is 133 cm³/mol. The number of fused-ring (bicyclic) bond motifs is 1. The molecule has 0 spiro atoms. The van der Waals surface area contributed by atoms with Crippen molar-refractivity contribution in [1.29, 1.82) is 0 Å². The number of amides is 3. The van der Waals surface area contributed by atoms with Crippen LogP contribution in [0.2, 0.25) is 0 Å². The van der Waals surface area contributed by atoms with Gasteiger partial charge in [0.05, 0.1) is 0 Å². The summed E-state index contributed by atoms with van der Waals surface area (Å²) in [4.78, 5) is 41.1. The van der Waals surface area contributed by atoms with Gasteiger partial charge in [-0.3, -0.25) is 14.4 Å². The summed E-state index contributed by atoms with van der Waals surface area (Å²) in [5, 5.41) is 7.70. The number of carbonyl (C=O) groups excluding carboxylic acids is 3. The summed E-state index contributed by atoms with van der Waals surface area (Å²) in [5.74, 6) is -1.33. The van der Waals surface area contributed by atoms with Crippen molar-refractivity contribution in [3.63, 3.8) is 0 Å². The molecule has 2 heterocycles. The topological polar surface area (TPSA) is 78.5 Å². The van der Waals surface area contributed by atoms with Crippen LogP contribution in [0.3, 0.4) is 0 Å². The molecule has 0 unspecified atom stereocenters. The summed E-state index contributed by atoms with van der Waals surface area (Å²) in [6.45, 7) is 4.93. The van der Waals surface area contributed by atoms with Crippen molar-refractivity contribution in [3.05, 3.63) is 46.2 Å². The summed E-state index contributed by atoms with van der Waals surface area (Å²) < 4.78 is 0. The van der Waals surface area contributed by atoms with Crippen molar-refractivity contribution >= 4 is 40.4 Å². The zero-order valence-corrected chi connectivity index (χ0v) is 20.3. The number of rotatable bonds is 5. The predicted octanol–water partition coefficient (Wildman–Crippen LogP) is 4.64. The maximum absolute atomic E-state index is 12.7. The molecule has 1 saturated carbocycles. The van der Waals surface area contributed by atoms with E-state index in [9.17, 15) is 14.4 Å². The van der Waals surface area contributed by atoms with E-state index in [0.29, 0.717) is 18.8 Å². The molecule has 0 bridgehead atoms. The third-order valence-corrected chi connectivity index (χ3v) is 7.99. The van der Waals surface area contributed by atoms with Crippen LogP contribution >= 0.6 is 11.3 Å². The Bertz CT molecular complexity index is 1010. The summed E-state index contributed by atoms with van der Waals surface area (Å²) in [6, 6.07) is 9.75.